The molecule has 4 heterocycles. The Bertz CT molecular complexity index is 1430. The second-order valence-electron chi connectivity index (χ2n) is 9.11. The van der Waals surface area contributed by atoms with Crippen molar-refractivity contribution in [3.05, 3.63) is 58.0 Å². The van der Waals surface area contributed by atoms with Crippen molar-refractivity contribution in [3.63, 3.8) is 0 Å². The number of aliphatic hydroxyl groups excluding tert-OH is 2. The molecule has 1 aliphatic carbocycles. The zero-order valence-electron chi connectivity index (χ0n) is 18.9. The molecule has 9 nitrogen and oxygen atoms in total. The molecule has 5 rings (SSSR count). The maximum atomic E-state index is 14.7. The van der Waals surface area contributed by atoms with E-state index in [2.05, 4.69) is 9.97 Å². The van der Waals surface area contributed by atoms with Crippen LogP contribution in [-0.4, -0.2) is 68.2 Å². The van der Waals surface area contributed by atoms with Gasteiger partial charge in [0.1, 0.15) is 23.2 Å². The average molecular weight is 525 g/mol. The van der Waals surface area contributed by atoms with Crippen LogP contribution in [0.25, 0.3) is 16.9 Å². The van der Waals surface area contributed by atoms with Gasteiger partial charge >= 0.3 is 6.18 Å². The number of hydrogen-bond acceptors (Lipinski definition) is 7. The second-order valence-corrected chi connectivity index (χ2v) is 9.11. The van der Waals surface area contributed by atoms with Crippen LogP contribution in [0.1, 0.15) is 23.2 Å². The Kier molecular flexibility index (Phi) is 6.10. The van der Waals surface area contributed by atoms with Crippen LogP contribution in [0.15, 0.2) is 35.4 Å². The van der Waals surface area contributed by atoms with Crippen molar-refractivity contribution in [2.45, 2.75) is 37.3 Å². The summed E-state index contributed by atoms with van der Waals surface area (Å²) in [5, 5.41) is 21.3. The predicted octanol–water partition coefficient (Wildman–Crippen LogP) is 1.67. The number of β-amino-alcohol motifs (C(OH)–C–C–N with tert-alkyl or cyclic N) is 2. The molecule has 1 amide bonds. The van der Waals surface area contributed by atoms with Gasteiger partial charge in [-0.25, -0.2) is 18.7 Å². The maximum absolute atomic E-state index is 14.7. The first-order valence-electron chi connectivity index (χ1n) is 11.3. The van der Waals surface area contributed by atoms with Crippen LogP contribution in [0.3, 0.4) is 0 Å². The van der Waals surface area contributed by atoms with E-state index in [4.69, 9.17) is 0 Å². The Labute approximate surface area is 205 Å². The molecule has 2 fully saturated rings. The molecule has 3 N–H and O–H groups in total. The highest BCUT2D eigenvalue weighted by Gasteiger charge is 2.50. The van der Waals surface area contributed by atoms with E-state index in [1.165, 1.54) is 17.0 Å². The Morgan fingerprint density at radius 1 is 1.14 bits per heavy atom. The first-order chi connectivity index (χ1) is 17.4. The maximum Gasteiger partial charge on any atom is 0.408 e. The van der Waals surface area contributed by atoms with E-state index >= 15 is 0 Å². The van der Waals surface area contributed by atoms with E-state index in [0.29, 0.717) is 12.3 Å². The minimum Gasteiger partial charge on any atom is -0.389 e. The van der Waals surface area contributed by atoms with Gasteiger partial charge in [0, 0.05) is 25.4 Å². The number of aliphatic hydroxyl groups is 2. The highest BCUT2D eigenvalue weighted by Crippen LogP contribution is 2.40. The number of anilines is 1. The van der Waals surface area contributed by atoms with Crippen molar-refractivity contribution < 1.29 is 37.0 Å². The van der Waals surface area contributed by atoms with Crippen molar-refractivity contribution in [2.24, 2.45) is 5.92 Å². The summed E-state index contributed by atoms with van der Waals surface area (Å²) in [5.74, 6) is -4.68. The zero-order valence-corrected chi connectivity index (χ0v) is 18.9. The fourth-order valence-electron chi connectivity index (χ4n) is 4.35. The average Bonchev–Trinajstić information content (AvgIpc) is 3.61. The largest absolute Gasteiger partial charge is 0.408 e. The summed E-state index contributed by atoms with van der Waals surface area (Å²) >= 11 is 0. The van der Waals surface area contributed by atoms with Gasteiger partial charge in [0.25, 0.3) is 5.91 Å². The summed E-state index contributed by atoms with van der Waals surface area (Å²) in [4.78, 5) is 35.6. The van der Waals surface area contributed by atoms with Gasteiger partial charge in [-0.3, -0.25) is 14.2 Å². The number of alkyl halides is 3. The Hall–Kier alpha value is -3.65. The van der Waals surface area contributed by atoms with Gasteiger partial charge < -0.3 is 20.4 Å². The van der Waals surface area contributed by atoms with E-state index in [-0.39, 0.29) is 42.8 Å². The number of halogens is 5. The Morgan fingerprint density at radius 3 is 2.41 bits per heavy atom. The van der Waals surface area contributed by atoms with Gasteiger partial charge in [-0.05, 0) is 30.9 Å². The SMILES string of the molecule is O=C(N[C@@H](C1CC1)C(F)(F)F)c1cn(-c2ncc(F)cc2F)c2nc(N3C[C@@H](O)[C@@H](O)C3)ccc2c1=O. The lowest BCUT2D eigenvalue weighted by Gasteiger charge is -2.22. The third-order valence-corrected chi connectivity index (χ3v) is 6.41. The number of carbonyl (C=O) groups is 1. The molecule has 1 aliphatic heterocycles. The van der Waals surface area contributed by atoms with Crippen LogP contribution in [0.5, 0.6) is 0 Å². The number of amides is 1. The molecule has 0 aromatic carbocycles. The lowest BCUT2D eigenvalue weighted by molar-refractivity contribution is -0.158. The highest BCUT2D eigenvalue weighted by molar-refractivity contribution is 5.97. The molecule has 0 spiro atoms. The lowest BCUT2D eigenvalue weighted by atomic mass is 10.1. The monoisotopic (exact) mass is 525 g/mol. The minimum absolute atomic E-state index is 0.00749. The Morgan fingerprint density at radius 2 is 1.81 bits per heavy atom. The van der Waals surface area contributed by atoms with Gasteiger partial charge in [-0.2, -0.15) is 13.2 Å². The summed E-state index contributed by atoms with van der Waals surface area (Å²) in [6, 6.07) is 0.958. The molecule has 3 aromatic heterocycles. The first-order valence-corrected chi connectivity index (χ1v) is 11.3. The second kappa shape index (κ2) is 9.03. The van der Waals surface area contributed by atoms with E-state index in [0.717, 1.165) is 10.8 Å². The zero-order chi connectivity index (χ0) is 26.6. The molecule has 3 aromatic rings. The Balaban J connectivity index is 1.65. The van der Waals surface area contributed by atoms with Crippen LogP contribution in [0.2, 0.25) is 0 Å². The van der Waals surface area contributed by atoms with Crippen LogP contribution >= 0.6 is 0 Å². The van der Waals surface area contributed by atoms with Crippen molar-refractivity contribution in [3.8, 4) is 5.82 Å². The molecular formula is C23H20F5N5O4. The molecule has 196 valence electrons. The van der Waals surface area contributed by atoms with Crippen LogP contribution in [0, 0.1) is 17.6 Å². The van der Waals surface area contributed by atoms with Gasteiger partial charge in [-0.15, -0.1) is 0 Å². The fourth-order valence-corrected chi connectivity index (χ4v) is 4.35. The molecule has 1 saturated carbocycles. The third-order valence-electron chi connectivity index (χ3n) is 6.41. The fraction of sp³-hybridized carbons (Fsp3) is 0.391. The molecule has 37 heavy (non-hydrogen) atoms. The van der Waals surface area contributed by atoms with Crippen molar-refractivity contribution >= 4 is 22.8 Å². The summed E-state index contributed by atoms with van der Waals surface area (Å²) in [6.45, 7) is 0.0150. The van der Waals surface area contributed by atoms with Gasteiger partial charge in [-0.1, -0.05) is 0 Å². The number of hydrogen-bond donors (Lipinski definition) is 3. The molecule has 1 saturated heterocycles. The summed E-state index contributed by atoms with van der Waals surface area (Å²) in [5.41, 5.74) is -1.89. The molecule has 0 radical (unpaired) electrons. The van der Waals surface area contributed by atoms with Crippen molar-refractivity contribution in [1.82, 2.24) is 19.9 Å². The first kappa shape index (κ1) is 25.0. The van der Waals surface area contributed by atoms with Crippen molar-refractivity contribution in [2.75, 3.05) is 18.0 Å². The molecular weight excluding hydrogens is 505 g/mol. The summed E-state index contributed by atoms with van der Waals surface area (Å²) in [6.07, 6.45) is -4.82. The molecule has 14 heteroatoms. The van der Waals surface area contributed by atoms with Gasteiger partial charge in [0.05, 0.1) is 23.8 Å². The number of rotatable bonds is 5. The minimum atomic E-state index is -4.74. The smallest absolute Gasteiger partial charge is 0.389 e. The quantitative estimate of drug-likeness (QED) is 0.434. The van der Waals surface area contributed by atoms with Crippen LogP contribution in [0.4, 0.5) is 27.8 Å². The standard InChI is InChI=1S/C23H20F5N5O4/c24-11-5-14(25)21(29-6-11)33-7-13(22(37)31-19(10-1-2-10)23(26,27)28)18(36)12-3-4-17(30-20(12)33)32-8-15(34)16(35)9-32/h3-7,10,15-16,19,34-35H,1-2,8-9H2,(H,31,37)/t15-,16+,19-/m0/s1. The van der Waals surface area contributed by atoms with Crippen LogP contribution in [-0.2, 0) is 0 Å². The van der Waals surface area contributed by atoms with E-state index < -0.39 is 64.7 Å². The summed E-state index contributed by atoms with van der Waals surface area (Å²) < 4.78 is 69.6. The summed E-state index contributed by atoms with van der Waals surface area (Å²) in [7, 11) is 0. The van der Waals surface area contributed by atoms with E-state index in [9.17, 15) is 41.8 Å². The predicted molar refractivity (Wildman–Crippen MR) is 119 cm³/mol. The molecule has 3 atom stereocenters. The topological polar surface area (TPSA) is 121 Å². The molecule has 2 aliphatic rings. The third kappa shape index (κ3) is 4.73. The van der Waals surface area contributed by atoms with Gasteiger partial charge in [0.15, 0.2) is 17.3 Å². The normalized spacial score (nSPS) is 20.9. The number of nitrogens with zero attached hydrogens (tertiary/aromatic N) is 4. The number of nitrogens with one attached hydrogen (secondary N) is 1. The number of pyridine rings is 3. The number of carbonyl (C=O) groups excluding carboxylic acids is 1. The van der Waals surface area contributed by atoms with Crippen molar-refractivity contribution in [1.29, 1.82) is 0 Å². The highest BCUT2D eigenvalue weighted by atomic mass is 19.4. The molecule has 0 bridgehead atoms. The number of aromatic nitrogens is 3. The van der Waals surface area contributed by atoms with E-state index in [1.807, 2.05) is 5.32 Å². The molecule has 0 unspecified atom stereocenters. The van der Waals surface area contributed by atoms with Crippen LogP contribution < -0.4 is 15.6 Å². The van der Waals surface area contributed by atoms with Gasteiger partial charge in [0.2, 0.25) is 5.43 Å². The number of fused-ring (bicyclic) bond motifs is 1. The van der Waals surface area contributed by atoms with E-state index in [1.54, 1.807) is 0 Å². The lowest BCUT2D eigenvalue weighted by Crippen LogP contribution is -2.48.